The molecule has 0 saturated carbocycles. The quantitative estimate of drug-likeness (QED) is 0.458. The molecule has 0 aliphatic carbocycles. The van der Waals surface area contributed by atoms with E-state index in [1.807, 2.05) is 31.2 Å². The van der Waals surface area contributed by atoms with Crippen molar-refractivity contribution in [1.29, 1.82) is 0 Å². The second-order valence-corrected chi connectivity index (χ2v) is 7.03. The van der Waals surface area contributed by atoms with Crippen LogP contribution in [0, 0.1) is 12.7 Å². The first kappa shape index (κ1) is 20.3. The SMILES string of the molecule is COc1cc2nc(/C=C/c3ccccc3F)n(-c3ccc(C)cc3)c(=O)c2cc1OC. The highest BCUT2D eigenvalue weighted by Crippen LogP contribution is 2.30. The summed E-state index contributed by atoms with van der Waals surface area (Å²) in [4.78, 5) is 18.2. The first-order chi connectivity index (χ1) is 15.0. The number of benzene rings is 3. The summed E-state index contributed by atoms with van der Waals surface area (Å²) in [6, 6.07) is 17.3. The standard InChI is InChI=1S/C25H21FN2O3/c1-16-8-11-18(12-9-16)28-24(13-10-17-6-4-5-7-20(17)26)27-21-15-23(31-3)22(30-2)14-19(21)25(28)29/h4-15H,1-3H3/b13-10+. The zero-order valence-electron chi connectivity index (χ0n) is 17.4. The van der Waals surface area contributed by atoms with Crippen molar-refractivity contribution < 1.29 is 13.9 Å². The van der Waals surface area contributed by atoms with E-state index in [-0.39, 0.29) is 11.4 Å². The summed E-state index contributed by atoms with van der Waals surface area (Å²) in [6.45, 7) is 1.97. The van der Waals surface area contributed by atoms with E-state index < -0.39 is 0 Å². The molecule has 1 heterocycles. The molecule has 4 aromatic rings. The topological polar surface area (TPSA) is 53.4 Å². The van der Waals surface area contributed by atoms with E-state index in [4.69, 9.17) is 9.47 Å². The van der Waals surface area contributed by atoms with Crippen LogP contribution in [0.3, 0.4) is 0 Å². The second-order valence-electron chi connectivity index (χ2n) is 7.03. The maximum atomic E-state index is 14.1. The first-order valence-electron chi connectivity index (χ1n) is 9.70. The van der Waals surface area contributed by atoms with E-state index in [0.29, 0.717) is 39.5 Å². The summed E-state index contributed by atoms with van der Waals surface area (Å²) in [7, 11) is 3.04. The summed E-state index contributed by atoms with van der Waals surface area (Å²) in [5, 5.41) is 0.390. The van der Waals surface area contributed by atoms with Crippen molar-refractivity contribution in [2.24, 2.45) is 0 Å². The van der Waals surface area contributed by atoms with Gasteiger partial charge in [0, 0.05) is 11.6 Å². The fraction of sp³-hybridized carbons (Fsp3) is 0.120. The monoisotopic (exact) mass is 416 g/mol. The Morgan fingerprint density at radius 2 is 1.61 bits per heavy atom. The first-order valence-corrected chi connectivity index (χ1v) is 9.70. The lowest BCUT2D eigenvalue weighted by atomic mass is 10.1. The molecule has 4 rings (SSSR count). The van der Waals surface area contributed by atoms with Gasteiger partial charge in [0.2, 0.25) is 0 Å². The van der Waals surface area contributed by atoms with Crippen LogP contribution < -0.4 is 15.0 Å². The van der Waals surface area contributed by atoms with Crippen LogP contribution in [0.4, 0.5) is 4.39 Å². The van der Waals surface area contributed by atoms with Crippen LogP contribution >= 0.6 is 0 Å². The van der Waals surface area contributed by atoms with Gasteiger partial charge in [-0.3, -0.25) is 9.36 Å². The predicted molar refractivity (Wildman–Crippen MR) is 121 cm³/mol. The molecule has 5 nitrogen and oxygen atoms in total. The minimum absolute atomic E-state index is 0.261. The highest BCUT2D eigenvalue weighted by atomic mass is 19.1. The Morgan fingerprint density at radius 1 is 0.935 bits per heavy atom. The number of hydrogen-bond donors (Lipinski definition) is 0. The molecule has 0 N–H and O–H groups in total. The lowest BCUT2D eigenvalue weighted by Gasteiger charge is -2.14. The molecule has 0 bridgehead atoms. The van der Waals surface area contributed by atoms with Crippen molar-refractivity contribution in [3.63, 3.8) is 0 Å². The van der Waals surface area contributed by atoms with E-state index in [9.17, 15) is 9.18 Å². The van der Waals surface area contributed by atoms with E-state index in [1.165, 1.54) is 24.9 Å². The Balaban J connectivity index is 1.99. The Morgan fingerprint density at radius 3 is 2.29 bits per heavy atom. The van der Waals surface area contributed by atoms with Gasteiger partial charge in [-0.25, -0.2) is 9.37 Å². The molecule has 0 atom stereocenters. The maximum absolute atomic E-state index is 14.1. The third-order valence-corrected chi connectivity index (χ3v) is 5.01. The average molecular weight is 416 g/mol. The van der Waals surface area contributed by atoms with Gasteiger partial charge in [-0.2, -0.15) is 0 Å². The highest BCUT2D eigenvalue weighted by molar-refractivity contribution is 5.83. The number of nitrogens with zero attached hydrogens (tertiary/aromatic N) is 2. The number of rotatable bonds is 5. The number of aromatic nitrogens is 2. The molecule has 156 valence electrons. The van der Waals surface area contributed by atoms with Crippen molar-refractivity contribution in [2.45, 2.75) is 6.92 Å². The third kappa shape index (κ3) is 3.92. The van der Waals surface area contributed by atoms with Gasteiger partial charge in [-0.15, -0.1) is 0 Å². The number of fused-ring (bicyclic) bond motifs is 1. The number of methoxy groups -OCH3 is 2. The molecule has 0 aliphatic rings. The largest absolute Gasteiger partial charge is 0.493 e. The van der Waals surface area contributed by atoms with Crippen molar-refractivity contribution >= 4 is 23.1 Å². The van der Waals surface area contributed by atoms with Crippen molar-refractivity contribution in [2.75, 3.05) is 14.2 Å². The van der Waals surface area contributed by atoms with Crippen LogP contribution in [0.1, 0.15) is 17.0 Å². The molecule has 0 fully saturated rings. The zero-order chi connectivity index (χ0) is 22.0. The summed E-state index contributed by atoms with van der Waals surface area (Å²) >= 11 is 0. The minimum Gasteiger partial charge on any atom is -0.493 e. The highest BCUT2D eigenvalue weighted by Gasteiger charge is 2.15. The normalized spacial score (nSPS) is 11.2. The minimum atomic E-state index is -0.352. The second kappa shape index (κ2) is 8.44. The molecular weight excluding hydrogens is 395 g/mol. The molecule has 0 saturated heterocycles. The van der Waals surface area contributed by atoms with Gasteiger partial charge in [0.15, 0.2) is 11.5 Å². The van der Waals surface area contributed by atoms with E-state index in [1.54, 1.807) is 42.5 Å². The van der Waals surface area contributed by atoms with Crippen LogP contribution in [0.25, 0.3) is 28.7 Å². The molecule has 31 heavy (non-hydrogen) atoms. The lowest BCUT2D eigenvalue weighted by molar-refractivity contribution is 0.355. The molecule has 0 aliphatic heterocycles. The Labute approximate surface area is 179 Å². The fourth-order valence-electron chi connectivity index (χ4n) is 3.36. The van der Waals surface area contributed by atoms with Crippen molar-refractivity contribution in [1.82, 2.24) is 9.55 Å². The van der Waals surface area contributed by atoms with E-state index in [2.05, 4.69) is 4.98 Å². The average Bonchev–Trinajstić information content (AvgIpc) is 2.78. The molecule has 0 amide bonds. The number of aryl methyl sites for hydroxylation is 1. The van der Waals surface area contributed by atoms with E-state index in [0.717, 1.165) is 5.56 Å². The fourth-order valence-corrected chi connectivity index (χ4v) is 3.36. The maximum Gasteiger partial charge on any atom is 0.266 e. The molecule has 0 radical (unpaired) electrons. The Bertz CT molecular complexity index is 1340. The van der Waals surface area contributed by atoms with Gasteiger partial charge in [-0.1, -0.05) is 35.9 Å². The Hall–Kier alpha value is -3.93. The number of hydrogen-bond acceptors (Lipinski definition) is 4. The van der Waals surface area contributed by atoms with Crippen LogP contribution in [0.5, 0.6) is 11.5 Å². The van der Waals surface area contributed by atoms with Crippen LogP contribution in [0.15, 0.2) is 65.5 Å². The van der Waals surface area contributed by atoms with Gasteiger partial charge >= 0.3 is 0 Å². The lowest BCUT2D eigenvalue weighted by Crippen LogP contribution is -2.22. The van der Waals surface area contributed by atoms with Crippen molar-refractivity contribution in [3.05, 3.63) is 93.8 Å². The number of ether oxygens (including phenoxy) is 2. The zero-order valence-corrected chi connectivity index (χ0v) is 17.4. The smallest absolute Gasteiger partial charge is 0.266 e. The molecule has 3 aromatic carbocycles. The van der Waals surface area contributed by atoms with Gasteiger partial charge in [0.1, 0.15) is 11.6 Å². The van der Waals surface area contributed by atoms with Crippen molar-refractivity contribution in [3.8, 4) is 17.2 Å². The van der Waals surface area contributed by atoms with Gasteiger partial charge < -0.3 is 9.47 Å². The molecule has 0 unspecified atom stereocenters. The van der Waals surface area contributed by atoms with Crippen LogP contribution in [-0.4, -0.2) is 23.8 Å². The van der Waals surface area contributed by atoms with Gasteiger partial charge in [-0.05, 0) is 43.3 Å². The summed E-state index contributed by atoms with van der Waals surface area (Å²) in [6.07, 6.45) is 3.24. The third-order valence-electron chi connectivity index (χ3n) is 5.01. The Kier molecular flexibility index (Phi) is 5.54. The molecule has 0 spiro atoms. The van der Waals surface area contributed by atoms with Gasteiger partial charge in [0.25, 0.3) is 5.56 Å². The molecular formula is C25H21FN2O3. The van der Waals surface area contributed by atoms with Crippen LogP contribution in [0.2, 0.25) is 0 Å². The van der Waals surface area contributed by atoms with E-state index >= 15 is 0 Å². The van der Waals surface area contributed by atoms with Gasteiger partial charge in [0.05, 0.1) is 30.8 Å². The number of halogens is 1. The summed E-state index contributed by atoms with van der Waals surface area (Å²) in [5.41, 5.74) is 2.33. The predicted octanol–water partition coefficient (Wildman–Crippen LogP) is 5.02. The van der Waals surface area contributed by atoms with Crippen LogP contribution in [-0.2, 0) is 0 Å². The summed E-state index contributed by atoms with van der Waals surface area (Å²) < 4.78 is 26.3. The molecule has 6 heteroatoms. The molecule has 1 aromatic heterocycles. The summed E-state index contributed by atoms with van der Waals surface area (Å²) in [5.74, 6) is 0.935.